The fourth-order valence-electron chi connectivity index (χ4n) is 7.26. The van der Waals surface area contributed by atoms with Crippen LogP contribution in [0, 0.1) is 11.3 Å². The fraction of sp³-hybridized carbons (Fsp3) is 0.886. The summed E-state index contributed by atoms with van der Waals surface area (Å²) in [5.74, 6) is -0.599. The van der Waals surface area contributed by atoms with Crippen LogP contribution in [0.25, 0.3) is 0 Å². The monoisotopic (exact) mass is 626 g/mol. The quantitative estimate of drug-likeness (QED) is 0.141. The highest BCUT2D eigenvalue weighted by atomic mass is 16.5. The van der Waals surface area contributed by atoms with E-state index in [1.165, 1.54) is 7.11 Å². The van der Waals surface area contributed by atoms with E-state index in [1.54, 1.807) is 32.7 Å². The highest BCUT2D eigenvalue weighted by molar-refractivity contribution is 5.99. The minimum Gasteiger partial charge on any atom is -0.389 e. The van der Waals surface area contributed by atoms with E-state index in [9.17, 15) is 24.3 Å². The van der Waals surface area contributed by atoms with Crippen molar-refractivity contribution in [1.82, 2.24) is 15.5 Å². The number of amides is 1. The van der Waals surface area contributed by atoms with Gasteiger partial charge in [-0.15, -0.1) is 0 Å². The lowest BCUT2D eigenvalue weighted by Gasteiger charge is -2.52. The molecule has 2 atom stereocenters. The molecule has 258 valence electrons. The summed E-state index contributed by atoms with van der Waals surface area (Å²) in [6, 6.07) is -0.651. The number of Topliss-reactive ketones (excluding diaryl/α,β-unsaturated/α-hetero) is 3. The molecule has 0 fully saturated rings. The normalized spacial score (nSPS) is 15.3. The van der Waals surface area contributed by atoms with Crippen molar-refractivity contribution in [2.75, 3.05) is 27.3 Å². The predicted molar refractivity (Wildman–Crippen MR) is 179 cm³/mol. The van der Waals surface area contributed by atoms with Crippen molar-refractivity contribution in [3.63, 3.8) is 0 Å². The first-order chi connectivity index (χ1) is 20.3. The van der Waals surface area contributed by atoms with Crippen molar-refractivity contribution >= 4 is 23.3 Å². The number of aliphatic hydroxyl groups excluding tert-OH is 1. The second-order valence-electron chi connectivity index (χ2n) is 13.7. The van der Waals surface area contributed by atoms with E-state index >= 15 is 0 Å². The number of nitrogens with one attached hydrogen (secondary N) is 2. The molecule has 0 radical (unpaired) electrons. The molecule has 9 heteroatoms. The number of ether oxygens (including phenoxy) is 1. The molecule has 44 heavy (non-hydrogen) atoms. The van der Waals surface area contributed by atoms with Gasteiger partial charge in [0.1, 0.15) is 12.2 Å². The summed E-state index contributed by atoms with van der Waals surface area (Å²) in [6.45, 7) is 22.6. The van der Waals surface area contributed by atoms with Crippen LogP contribution < -0.4 is 10.6 Å². The average molecular weight is 626 g/mol. The zero-order valence-corrected chi connectivity index (χ0v) is 30.7. The minimum atomic E-state index is -1.17. The molecule has 0 aromatic carbocycles. The van der Waals surface area contributed by atoms with Crippen LogP contribution in [-0.4, -0.2) is 88.8 Å². The summed E-state index contributed by atoms with van der Waals surface area (Å²) in [7, 11) is 3.30. The van der Waals surface area contributed by atoms with Gasteiger partial charge in [0.25, 0.3) is 0 Å². The Balaban J connectivity index is 6.77. The number of likely N-dealkylation sites (N-methyl/N-ethyl adjacent to an activating group) is 1. The van der Waals surface area contributed by atoms with Crippen LogP contribution in [0.4, 0.5) is 0 Å². The summed E-state index contributed by atoms with van der Waals surface area (Å²) in [6.07, 6.45) is 4.26. The van der Waals surface area contributed by atoms with Gasteiger partial charge in [0, 0.05) is 18.1 Å². The van der Waals surface area contributed by atoms with E-state index in [0.717, 1.165) is 0 Å². The highest BCUT2D eigenvalue weighted by Gasteiger charge is 2.54. The van der Waals surface area contributed by atoms with Gasteiger partial charge in [0.2, 0.25) is 5.91 Å². The summed E-state index contributed by atoms with van der Waals surface area (Å²) in [4.78, 5) is 56.8. The van der Waals surface area contributed by atoms with Crippen LogP contribution in [0.15, 0.2) is 0 Å². The molecule has 3 N–H and O–H groups in total. The first-order valence-corrected chi connectivity index (χ1v) is 16.9. The molecule has 0 saturated carbocycles. The maximum Gasteiger partial charge on any atom is 0.237 e. The molecule has 0 aromatic rings. The first kappa shape index (κ1) is 42.3. The largest absolute Gasteiger partial charge is 0.389 e. The molecule has 0 aliphatic heterocycles. The van der Waals surface area contributed by atoms with E-state index in [0.29, 0.717) is 51.4 Å². The molecule has 0 bridgehead atoms. The second-order valence-corrected chi connectivity index (χ2v) is 13.7. The lowest BCUT2D eigenvalue weighted by atomic mass is 9.60. The van der Waals surface area contributed by atoms with Crippen molar-refractivity contribution in [1.29, 1.82) is 0 Å². The van der Waals surface area contributed by atoms with Gasteiger partial charge in [-0.05, 0) is 85.1 Å². The second kappa shape index (κ2) is 17.3. The molecule has 0 aliphatic rings. The number of aliphatic hydroxyl groups is 1. The van der Waals surface area contributed by atoms with Crippen molar-refractivity contribution in [3.8, 4) is 0 Å². The molecule has 1 amide bonds. The molecule has 0 aromatic heterocycles. The van der Waals surface area contributed by atoms with Crippen LogP contribution in [-0.2, 0) is 23.9 Å². The zero-order chi connectivity index (χ0) is 34.7. The molecular weight excluding hydrogens is 558 g/mol. The van der Waals surface area contributed by atoms with Gasteiger partial charge in [-0.2, -0.15) is 0 Å². The van der Waals surface area contributed by atoms with E-state index < -0.39 is 40.3 Å². The number of carbonyl (C=O) groups is 4. The standard InChI is InChI=1S/C35H67N3O6/c1-15-32(12,28(41)24-39)38(13)23-27(40)33(16-2,17-3)35(20-6,21-7)36-26(22-25(8)9)29(42)37-31(10,11)30(43)34(18-4,19-5)44-14/h25-26,36,39H,15-24H2,1-14H3,(H,37,42). The van der Waals surface area contributed by atoms with Crippen molar-refractivity contribution < 1.29 is 29.0 Å². The maximum absolute atomic E-state index is 14.5. The Morgan fingerprint density at radius 2 is 1.30 bits per heavy atom. The summed E-state index contributed by atoms with van der Waals surface area (Å²) < 4.78 is 5.70. The van der Waals surface area contributed by atoms with E-state index in [4.69, 9.17) is 4.74 Å². The van der Waals surface area contributed by atoms with Crippen LogP contribution in [0.1, 0.15) is 134 Å². The van der Waals surface area contributed by atoms with Crippen molar-refractivity contribution in [3.05, 3.63) is 0 Å². The lowest BCUT2D eigenvalue weighted by Crippen LogP contribution is -2.68. The van der Waals surface area contributed by atoms with E-state index in [1.807, 2.05) is 48.5 Å². The number of methoxy groups -OCH3 is 1. The number of ketones is 3. The third-order valence-electron chi connectivity index (χ3n) is 10.9. The van der Waals surface area contributed by atoms with Gasteiger partial charge in [0.15, 0.2) is 17.3 Å². The Morgan fingerprint density at radius 3 is 1.64 bits per heavy atom. The first-order valence-electron chi connectivity index (χ1n) is 16.9. The molecular formula is C35H67N3O6. The van der Waals surface area contributed by atoms with Crippen LogP contribution >= 0.6 is 0 Å². The third kappa shape index (κ3) is 8.56. The molecule has 2 unspecified atom stereocenters. The van der Waals surface area contributed by atoms with E-state index in [2.05, 4.69) is 24.5 Å². The Hall–Kier alpha value is -1.68. The van der Waals surface area contributed by atoms with Crippen LogP contribution in [0.5, 0.6) is 0 Å². The molecule has 0 saturated heterocycles. The van der Waals surface area contributed by atoms with Crippen LogP contribution in [0.2, 0.25) is 0 Å². The molecule has 9 nitrogen and oxygen atoms in total. The maximum atomic E-state index is 14.5. The highest BCUT2D eigenvalue weighted by Crippen LogP contribution is 2.45. The minimum absolute atomic E-state index is 0.00148. The molecule has 0 spiro atoms. The topological polar surface area (TPSA) is 125 Å². The lowest BCUT2D eigenvalue weighted by molar-refractivity contribution is -0.150. The van der Waals surface area contributed by atoms with Crippen molar-refractivity contribution in [2.45, 2.75) is 163 Å². The van der Waals surface area contributed by atoms with E-state index in [-0.39, 0.29) is 35.7 Å². The van der Waals surface area contributed by atoms with Crippen molar-refractivity contribution in [2.24, 2.45) is 11.3 Å². The third-order valence-corrected chi connectivity index (χ3v) is 10.9. The molecule has 0 heterocycles. The number of nitrogens with zero attached hydrogens (tertiary/aromatic N) is 1. The van der Waals surface area contributed by atoms with Gasteiger partial charge in [-0.3, -0.25) is 29.4 Å². The van der Waals surface area contributed by atoms with Crippen LogP contribution in [0.3, 0.4) is 0 Å². The summed E-state index contributed by atoms with van der Waals surface area (Å²) in [5.41, 5.74) is -4.70. The number of hydrogen-bond acceptors (Lipinski definition) is 8. The number of hydrogen-bond donors (Lipinski definition) is 3. The SMILES string of the molecule is CCC(CC)(OC)C(=O)C(C)(C)NC(=O)C(CC(C)C)NC(CC)(CC)C(CC)(CC)C(=O)CN(C)C(C)(CC)C(=O)CO. The molecule has 0 rings (SSSR count). The average Bonchev–Trinajstić information content (AvgIpc) is 3.00. The molecule has 0 aliphatic carbocycles. The summed E-state index contributed by atoms with van der Waals surface area (Å²) >= 11 is 0. The number of rotatable bonds is 23. The Morgan fingerprint density at radius 1 is 0.795 bits per heavy atom. The Labute approximate surface area is 269 Å². The fourth-order valence-corrected chi connectivity index (χ4v) is 7.26. The predicted octanol–water partition coefficient (Wildman–Crippen LogP) is 5.26. The van der Waals surface area contributed by atoms with Gasteiger partial charge in [0.05, 0.1) is 23.7 Å². The Kier molecular flexibility index (Phi) is 16.6. The smallest absolute Gasteiger partial charge is 0.237 e. The Bertz CT molecular complexity index is 942. The van der Waals surface area contributed by atoms with Gasteiger partial charge in [-0.1, -0.05) is 62.3 Å². The van der Waals surface area contributed by atoms with Gasteiger partial charge >= 0.3 is 0 Å². The van der Waals surface area contributed by atoms with Gasteiger partial charge in [-0.25, -0.2) is 0 Å². The summed E-state index contributed by atoms with van der Waals surface area (Å²) in [5, 5.41) is 16.4. The van der Waals surface area contributed by atoms with Gasteiger partial charge < -0.3 is 15.2 Å². The number of carbonyl (C=O) groups excluding carboxylic acids is 4. The zero-order valence-electron chi connectivity index (χ0n) is 30.7.